The third-order valence-corrected chi connectivity index (χ3v) is 4.05. The summed E-state index contributed by atoms with van der Waals surface area (Å²) >= 11 is 0. The number of benzene rings is 1. The second-order valence-corrected chi connectivity index (χ2v) is 5.67. The van der Waals surface area contributed by atoms with Gasteiger partial charge in [0, 0.05) is 6.42 Å². The molecule has 21 heavy (non-hydrogen) atoms. The van der Waals surface area contributed by atoms with E-state index in [1.54, 1.807) is 0 Å². The van der Waals surface area contributed by atoms with Crippen LogP contribution in [0.3, 0.4) is 0 Å². The summed E-state index contributed by atoms with van der Waals surface area (Å²) in [4.78, 5) is 11.0. The molecule has 0 spiro atoms. The van der Waals surface area contributed by atoms with Crippen molar-refractivity contribution in [2.45, 2.75) is 71.1 Å². The number of carbonyl (C=O) groups is 1. The van der Waals surface area contributed by atoms with E-state index in [-0.39, 0.29) is 5.97 Å². The van der Waals surface area contributed by atoms with Gasteiger partial charge in [-0.1, -0.05) is 63.3 Å². The monoisotopic (exact) mass is 290 g/mol. The lowest BCUT2D eigenvalue weighted by molar-refractivity contribution is -0.140. The molecule has 0 unspecified atom stereocenters. The first-order valence-corrected chi connectivity index (χ1v) is 8.41. The van der Waals surface area contributed by atoms with Crippen molar-refractivity contribution in [3.05, 3.63) is 35.4 Å². The SMILES string of the molecule is CCc1ccccc1CCCCCCCCCC(=O)OC. The number of rotatable bonds is 11. The quantitative estimate of drug-likeness (QED) is 0.419. The molecule has 0 aliphatic carbocycles. The molecule has 0 aromatic heterocycles. The van der Waals surface area contributed by atoms with Crippen LogP contribution in [0, 0.1) is 0 Å². The summed E-state index contributed by atoms with van der Waals surface area (Å²) in [5.74, 6) is -0.0791. The Morgan fingerprint density at radius 1 is 0.905 bits per heavy atom. The van der Waals surface area contributed by atoms with Crippen molar-refractivity contribution in [3.63, 3.8) is 0 Å². The maximum Gasteiger partial charge on any atom is 0.305 e. The Kier molecular flexibility index (Phi) is 9.60. The van der Waals surface area contributed by atoms with Crippen LogP contribution in [0.25, 0.3) is 0 Å². The fourth-order valence-electron chi connectivity index (χ4n) is 2.72. The number of unbranched alkanes of at least 4 members (excludes halogenated alkanes) is 6. The lowest BCUT2D eigenvalue weighted by Gasteiger charge is -2.07. The molecule has 2 heteroatoms. The molecule has 0 bridgehead atoms. The van der Waals surface area contributed by atoms with Gasteiger partial charge in [0.25, 0.3) is 0 Å². The molecule has 0 N–H and O–H groups in total. The lowest BCUT2D eigenvalue weighted by Crippen LogP contribution is -1.99. The standard InChI is InChI=1S/C19H30O2/c1-3-17-13-11-12-15-18(17)14-9-7-5-4-6-8-10-16-19(20)21-2/h11-13,15H,3-10,14,16H2,1-2H3. The molecule has 1 aromatic rings. The maximum atomic E-state index is 11.0. The molecule has 0 fully saturated rings. The van der Waals surface area contributed by atoms with Crippen LogP contribution in [-0.4, -0.2) is 13.1 Å². The molecule has 0 heterocycles. The van der Waals surface area contributed by atoms with E-state index < -0.39 is 0 Å². The highest BCUT2D eigenvalue weighted by molar-refractivity contribution is 5.68. The number of hydrogen-bond acceptors (Lipinski definition) is 2. The minimum atomic E-state index is -0.0791. The normalized spacial score (nSPS) is 10.6. The van der Waals surface area contributed by atoms with Crippen LogP contribution in [-0.2, 0) is 22.4 Å². The molecule has 1 aromatic carbocycles. The van der Waals surface area contributed by atoms with Crippen LogP contribution < -0.4 is 0 Å². The predicted octanol–water partition coefficient (Wildman–Crippen LogP) is 5.09. The van der Waals surface area contributed by atoms with Gasteiger partial charge in [0.15, 0.2) is 0 Å². The van der Waals surface area contributed by atoms with E-state index in [1.807, 2.05) is 0 Å². The van der Waals surface area contributed by atoms with E-state index in [0.717, 1.165) is 19.3 Å². The van der Waals surface area contributed by atoms with Gasteiger partial charge in [0.2, 0.25) is 0 Å². The molecule has 0 aliphatic heterocycles. The van der Waals surface area contributed by atoms with Gasteiger partial charge in [-0.15, -0.1) is 0 Å². The fourth-order valence-corrected chi connectivity index (χ4v) is 2.72. The van der Waals surface area contributed by atoms with Crippen molar-refractivity contribution in [2.24, 2.45) is 0 Å². The van der Waals surface area contributed by atoms with Crippen LogP contribution in [0.2, 0.25) is 0 Å². The van der Waals surface area contributed by atoms with Gasteiger partial charge < -0.3 is 4.74 Å². The van der Waals surface area contributed by atoms with E-state index in [4.69, 9.17) is 0 Å². The molecule has 0 atom stereocenters. The van der Waals surface area contributed by atoms with Gasteiger partial charge in [-0.25, -0.2) is 0 Å². The van der Waals surface area contributed by atoms with E-state index in [1.165, 1.54) is 56.8 Å². The van der Waals surface area contributed by atoms with Crippen LogP contribution in [0.15, 0.2) is 24.3 Å². The molecular weight excluding hydrogens is 260 g/mol. The topological polar surface area (TPSA) is 26.3 Å². The molecule has 0 radical (unpaired) electrons. The minimum Gasteiger partial charge on any atom is -0.469 e. The Morgan fingerprint density at radius 3 is 2.10 bits per heavy atom. The van der Waals surface area contributed by atoms with Gasteiger partial charge in [0.1, 0.15) is 0 Å². The third-order valence-electron chi connectivity index (χ3n) is 4.05. The predicted molar refractivity (Wildman–Crippen MR) is 88.5 cm³/mol. The number of methoxy groups -OCH3 is 1. The fraction of sp³-hybridized carbons (Fsp3) is 0.632. The summed E-state index contributed by atoms with van der Waals surface area (Å²) in [7, 11) is 1.46. The van der Waals surface area contributed by atoms with Crippen molar-refractivity contribution in [1.82, 2.24) is 0 Å². The highest BCUT2D eigenvalue weighted by Gasteiger charge is 2.01. The highest BCUT2D eigenvalue weighted by Crippen LogP contribution is 2.15. The van der Waals surface area contributed by atoms with E-state index in [9.17, 15) is 4.79 Å². The first kappa shape index (κ1) is 17.7. The van der Waals surface area contributed by atoms with Crippen LogP contribution in [0.4, 0.5) is 0 Å². The molecular formula is C19H30O2. The summed E-state index contributed by atoms with van der Waals surface area (Å²) in [6.07, 6.45) is 11.5. The average molecular weight is 290 g/mol. The number of esters is 1. The second-order valence-electron chi connectivity index (χ2n) is 5.67. The number of hydrogen-bond donors (Lipinski definition) is 0. The van der Waals surface area contributed by atoms with Crippen molar-refractivity contribution < 1.29 is 9.53 Å². The van der Waals surface area contributed by atoms with Crippen LogP contribution >= 0.6 is 0 Å². The van der Waals surface area contributed by atoms with E-state index in [0.29, 0.717) is 6.42 Å². The van der Waals surface area contributed by atoms with Crippen molar-refractivity contribution in [3.8, 4) is 0 Å². The molecule has 118 valence electrons. The molecule has 2 nitrogen and oxygen atoms in total. The van der Waals surface area contributed by atoms with E-state index >= 15 is 0 Å². The van der Waals surface area contributed by atoms with Crippen molar-refractivity contribution >= 4 is 5.97 Å². The Balaban J connectivity index is 1.99. The summed E-state index contributed by atoms with van der Waals surface area (Å²) in [6, 6.07) is 8.80. The molecule has 0 saturated carbocycles. The Bertz CT molecular complexity index is 398. The third kappa shape index (κ3) is 7.89. The number of carbonyl (C=O) groups excluding carboxylic acids is 1. The van der Waals surface area contributed by atoms with Gasteiger partial charge in [-0.3, -0.25) is 4.79 Å². The van der Waals surface area contributed by atoms with Crippen molar-refractivity contribution in [2.75, 3.05) is 7.11 Å². The summed E-state index contributed by atoms with van der Waals surface area (Å²) in [5, 5.41) is 0. The van der Waals surface area contributed by atoms with Crippen LogP contribution in [0.1, 0.15) is 69.4 Å². The molecule has 0 saturated heterocycles. The van der Waals surface area contributed by atoms with Gasteiger partial charge in [-0.2, -0.15) is 0 Å². The Labute approximate surface area is 129 Å². The Hall–Kier alpha value is -1.31. The highest BCUT2D eigenvalue weighted by atomic mass is 16.5. The largest absolute Gasteiger partial charge is 0.469 e. The second kappa shape index (κ2) is 11.4. The zero-order valence-electron chi connectivity index (χ0n) is 13.7. The van der Waals surface area contributed by atoms with Crippen LogP contribution in [0.5, 0.6) is 0 Å². The lowest BCUT2D eigenvalue weighted by atomic mass is 9.99. The Morgan fingerprint density at radius 2 is 1.48 bits per heavy atom. The number of ether oxygens (including phenoxy) is 1. The van der Waals surface area contributed by atoms with Gasteiger partial charge in [-0.05, 0) is 36.8 Å². The zero-order valence-corrected chi connectivity index (χ0v) is 13.7. The molecule has 1 rings (SSSR count). The minimum absolute atomic E-state index is 0.0791. The van der Waals surface area contributed by atoms with Gasteiger partial charge >= 0.3 is 5.97 Å². The summed E-state index contributed by atoms with van der Waals surface area (Å²) < 4.78 is 4.63. The average Bonchev–Trinajstić information content (AvgIpc) is 2.53. The van der Waals surface area contributed by atoms with Crippen molar-refractivity contribution in [1.29, 1.82) is 0 Å². The molecule has 0 aliphatic rings. The maximum absolute atomic E-state index is 11.0. The van der Waals surface area contributed by atoms with Gasteiger partial charge in [0.05, 0.1) is 7.11 Å². The first-order chi connectivity index (χ1) is 10.3. The summed E-state index contributed by atoms with van der Waals surface area (Å²) in [6.45, 7) is 2.23. The van der Waals surface area contributed by atoms with E-state index in [2.05, 4.69) is 35.9 Å². The first-order valence-electron chi connectivity index (χ1n) is 8.41. The molecule has 0 amide bonds. The smallest absolute Gasteiger partial charge is 0.305 e. The number of aryl methyl sites for hydroxylation is 2. The zero-order chi connectivity index (χ0) is 15.3. The summed E-state index contributed by atoms with van der Waals surface area (Å²) in [5.41, 5.74) is 3.03.